The summed E-state index contributed by atoms with van der Waals surface area (Å²) in [4.78, 5) is 35.8. The third-order valence-corrected chi connectivity index (χ3v) is 10.2. The van der Waals surface area contributed by atoms with Crippen LogP contribution in [0.3, 0.4) is 0 Å². The number of cyclic esters (lactones) is 1. The third kappa shape index (κ3) is 2.76. The molecule has 0 aromatic rings. The van der Waals surface area contributed by atoms with Crippen LogP contribution in [0.1, 0.15) is 71.6 Å². The lowest BCUT2D eigenvalue weighted by molar-refractivity contribution is -0.249. The number of hydrogen-bond acceptors (Lipinski definition) is 7. The zero-order valence-corrected chi connectivity index (χ0v) is 19.0. The maximum absolute atomic E-state index is 12.7. The largest absolute Gasteiger partial charge is 0.462 e. The van der Waals surface area contributed by atoms with Gasteiger partial charge in [0.05, 0.1) is 16.6 Å². The summed E-state index contributed by atoms with van der Waals surface area (Å²) in [7, 11) is 0. The molecule has 7 heteroatoms. The van der Waals surface area contributed by atoms with Gasteiger partial charge in [0.1, 0.15) is 19.0 Å². The fourth-order valence-corrected chi connectivity index (χ4v) is 8.65. The van der Waals surface area contributed by atoms with Gasteiger partial charge in [-0.3, -0.25) is 4.79 Å². The molecule has 4 saturated carbocycles. The van der Waals surface area contributed by atoms with E-state index in [1.54, 1.807) is 6.08 Å². The number of aldehydes is 1. The molecular formula is C25H34O7. The van der Waals surface area contributed by atoms with Crippen LogP contribution in [0.2, 0.25) is 0 Å². The van der Waals surface area contributed by atoms with E-state index in [4.69, 9.17) is 9.47 Å². The first-order valence-electron chi connectivity index (χ1n) is 12.0. The Hall–Kier alpha value is -1.73. The predicted octanol–water partition coefficient (Wildman–Crippen LogP) is 2.47. The summed E-state index contributed by atoms with van der Waals surface area (Å²) in [5, 5.41) is 23.9. The molecule has 2 N–H and O–H groups in total. The number of hydrogen-bond donors (Lipinski definition) is 2. The predicted molar refractivity (Wildman–Crippen MR) is 113 cm³/mol. The maximum atomic E-state index is 12.7. The molecule has 8 atom stereocenters. The minimum Gasteiger partial charge on any atom is -0.462 e. The van der Waals surface area contributed by atoms with Crippen molar-refractivity contribution < 1.29 is 34.1 Å². The molecule has 32 heavy (non-hydrogen) atoms. The molecule has 5 aliphatic rings. The Morgan fingerprint density at radius 1 is 1.12 bits per heavy atom. The Balaban J connectivity index is 1.46. The van der Waals surface area contributed by atoms with Crippen molar-refractivity contribution in [1.82, 2.24) is 0 Å². The summed E-state index contributed by atoms with van der Waals surface area (Å²) in [6, 6.07) is 0. The normalized spacial score (nSPS) is 49.9. The van der Waals surface area contributed by atoms with Crippen molar-refractivity contribution in [3.63, 3.8) is 0 Å². The van der Waals surface area contributed by atoms with E-state index in [1.165, 1.54) is 6.92 Å². The maximum Gasteiger partial charge on any atom is 0.331 e. The van der Waals surface area contributed by atoms with Gasteiger partial charge >= 0.3 is 11.9 Å². The van der Waals surface area contributed by atoms with Gasteiger partial charge in [-0.25, -0.2) is 4.79 Å². The van der Waals surface area contributed by atoms with Crippen molar-refractivity contribution in [2.75, 3.05) is 6.61 Å². The first-order valence-corrected chi connectivity index (χ1v) is 12.0. The first-order chi connectivity index (χ1) is 15.1. The van der Waals surface area contributed by atoms with Crippen LogP contribution in [0.15, 0.2) is 11.6 Å². The van der Waals surface area contributed by atoms with E-state index >= 15 is 0 Å². The van der Waals surface area contributed by atoms with Crippen molar-refractivity contribution in [1.29, 1.82) is 0 Å². The molecule has 7 nitrogen and oxygen atoms in total. The molecule has 176 valence electrons. The summed E-state index contributed by atoms with van der Waals surface area (Å²) in [6.07, 6.45) is 7.44. The summed E-state index contributed by atoms with van der Waals surface area (Å²) in [5.74, 6) is -0.772. The van der Waals surface area contributed by atoms with Gasteiger partial charge in [0, 0.05) is 24.8 Å². The van der Waals surface area contributed by atoms with Gasteiger partial charge in [-0.05, 0) is 74.7 Å². The highest BCUT2D eigenvalue weighted by Crippen LogP contribution is 2.70. The van der Waals surface area contributed by atoms with E-state index in [1.807, 2.05) is 0 Å². The summed E-state index contributed by atoms with van der Waals surface area (Å²) in [5.41, 5.74) is -2.50. The Morgan fingerprint density at radius 2 is 1.88 bits per heavy atom. The van der Waals surface area contributed by atoms with Crippen LogP contribution in [0.4, 0.5) is 0 Å². The summed E-state index contributed by atoms with van der Waals surface area (Å²) >= 11 is 0. The van der Waals surface area contributed by atoms with Gasteiger partial charge in [0.15, 0.2) is 0 Å². The highest BCUT2D eigenvalue weighted by Gasteiger charge is 2.71. The lowest BCUT2D eigenvalue weighted by Gasteiger charge is -2.65. The number of aliphatic hydroxyl groups is 2. The zero-order valence-electron chi connectivity index (χ0n) is 19.0. The number of fused-ring (bicyclic) bond motifs is 5. The van der Waals surface area contributed by atoms with E-state index in [-0.39, 0.29) is 47.6 Å². The average Bonchev–Trinajstić information content (AvgIpc) is 3.27. The molecule has 0 bridgehead atoms. The number of esters is 2. The van der Waals surface area contributed by atoms with Crippen LogP contribution in [-0.2, 0) is 23.9 Å². The smallest absolute Gasteiger partial charge is 0.331 e. The van der Waals surface area contributed by atoms with Gasteiger partial charge in [0.25, 0.3) is 0 Å². The minimum absolute atomic E-state index is 0.0828. The van der Waals surface area contributed by atoms with Crippen molar-refractivity contribution in [3.8, 4) is 0 Å². The van der Waals surface area contributed by atoms with Crippen LogP contribution in [0, 0.1) is 28.6 Å². The van der Waals surface area contributed by atoms with Crippen LogP contribution in [0.25, 0.3) is 0 Å². The van der Waals surface area contributed by atoms with Crippen LogP contribution < -0.4 is 0 Å². The monoisotopic (exact) mass is 446 g/mol. The molecule has 0 radical (unpaired) electrons. The quantitative estimate of drug-likeness (QED) is 0.506. The third-order valence-electron chi connectivity index (χ3n) is 10.2. The Kier molecular flexibility index (Phi) is 4.92. The van der Waals surface area contributed by atoms with Gasteiger partial charge < -0.3 is 24.5 Å². The van der Waals surface area contributed by atoms with Gasteiger partial charge in [-0.15, -0.1) is 0 Å². The minimum atomic E-state index is -1.22. The molecule has 4 fully saturated rings. The van der Waals surface area contributed by atoms with Crippen molar-refractivity contribution in [3.05, 3.63) is 11.6 Å². The Morgan fingerprint density at radius 3 is 2.53 bits per heavy atom. The molecule has 0 amide bonds. The molecule has 0 unspecified atom stereocenters. The fraction of sp³-hybridized carbons (Fsp3) is 0.800. The fourth-order valence-electron chi connectivity index (χ4n) is 8.65. The second kappa shape index (κ2) is 7.13. The second-order valence-electron chi connectivity index (χ2n) is 11.2. The number of ether oxygens (including phenoxy) is 2. The van der Waals surface area contributed by atoms with Crippen LogP contribution in [-0.4, -0.2) is 52.4 Å². The van der Waals surface area contributed by atoms with Gasteiger partial charge in [0.2, 0.25) is 0 Å². The van der Waals surface area contributed by atoms with Gasteiger partial charge in [-0.2, -0.15) is 0 Å². The van der Waals surface area contributed by atoms with E-state index < -0.39 is 16.6 Å². The second-order valence-corrected chi connectivity index (χ2v) is 11.2. The zero-order chi connectivity index (χ0) is 22.9. The van der Waals surface area contributed by atoms with E-state index in [0.29, 0.717) is 38.7 Å². The van der Waals surface area contributed by atoms with Crippen molar-refractivity contribution in [2.24, 2.45) is 28.6 Å². The van der Waals surface area contributed by atoms with E-state index in [9.17, 15) is 24.6 Å². The Labute approximate surface area is 188 Å². The topological polar surface area (TPSA) is 110 Å². The van der Waals surface area contributed by atoms with Crippen LogP contribution >= 0.6 is 0 Å². The lowest BCUT2D eigenvalue weighted by atomic mass is 9.41. The lowest BCUT2D eigenvalue weighted by Crippen LogP contribution is -2.69. The highest BCUT2D eigenvalue weighted by atomic mass is 16.5. The van der Waals surface area contributed by atoms with Gasteiger partial charge in [-0.1, -0.05) is 6.92 Å². The van der Waals surface area contributed by atoms with Crippen LogP contribution in [0.5, 0.6) is 0 Å². The van der Waals surface area contributed by atoms with E-state index in [2.05, 4.69) is 6.92 Å². The molecule has 0 spiro atoms. The molecule has 4 aliphatic carbocycles. The molecule has 5 rings (SSSR count). The molecule has 1 heterocycles. The molecule has 0 saturated heterocycles. The number of carbonyl (C=O) groups excluding carboxylic acids is 3. The van der Waals surface area contributed by atoms with Crippen molar-refractivity contribution >= 4 is 18.2 Å². The molecule has 1 aliphatic heterocycles. The Bertz CT molecular complexity index is 882. The summed E-state index contributed by atoms with van der Waals surface area (Å²) in [6.45, 7) is 3.81. The number of carbonyl (C=O) groups is 3. The van der Waals surface area contributed by atoms with Crippen molar-refractivity contribution in [2.45, 2.75) is 88.9 Å². The highest BCUT2D eigenvalue weighted by molar-refractivity contribution is 5.85. The standard InChI is InChI=1S/C25H34O7/c1-15(27)32-17-3-8-23(14-26)19-4-7-22(2)18(16-11-21(28)31-13-16)6-10-25(22,30)20(19)5-9-24(23,29)12-17/h11,14,17-20,29-30H,3-10,12-13H2,1-2H3/t17-,18-,19+,20-,22-,23-,24+,25-/m0/s1. The molecule has 0 aromatic heterocycles. The molecular weight excluding hydrogens is 412 g/mol. The summed E-state index contributed by atoms with van der Waals surface area (Å²) < 4.78 is 10.6. The SMILES string of the molecule is CC(=O)O[C@H]1CC[C@]2(C=O)[C@@H]3CC[C@@]4(C)[C@H](C5=CC(=O)OC5)CC[C@]4(O)[C@H]3CC[C@@]2(O)C1. The van der Waals surface area contributed by atoms with E-state index in [0.717, 1.165) is 31.1 Å². The average molecular weight is 447 g/mol. The number of rotatable bonds is 3. The molecule has 0 aromatic carbocycles. The first kappa shape index (κ1) is 22.1.